The first kappa shape index (κ1) is 16.6. The maximum Gasteiger partial charge on any atom is 0.417 e. The van der Waals surface area contributed by atoms with E-state index >= 15 is 0 Å². The Balaban J connectivity index is 2.09. The molecule has 7 heteroatoms. The lowest BCUT2D eigenvalue weighted by molar-refractivity contribution is 0.0526. The Labute approximate surface area is 137 Å². The third-order valence-electron chi connectivity index (χ3n) is 2.77. The van der Waals surface area contributed by atoms with E-state index in [-0.39, 0.29) is 29.4 Å². The van der Waals surface area contributed by atoms with E-state index in [0.717, 1.165) is 0 Å². The number of amides is 1. The lowest BCUT2D eigenvalue weighted by atomic mass is 10.2. The molecule has 120 valence electrons. The number of aromatic hydroxyl groups is 1. The van der Waals surface area contributed by atoms with Crippen molar-refractivity contribution in [2.75, 3.05) is 11.9 Å². The monoisotopic (exact) mass is 335 g/mol. The maximum atomic E-state index is 11.8. The van der Waals surface area contributed by atoms with Crippen LogP contribution in [0.4, 0.5) is 10.5 Å². The molecule has 0 spiro atoms. The summed E-state index contributed by atoms with van der Waals surface area (Å²) in [4.78, 5) is 23.5. The zero-order chi connectivity index (χ0) is 16.8. The first-order valence-electron chi connectivity index (χ1n) is 6.74. The molecule has 0 aliphatic heterocycles. The van der Waals surface area contributed by atoms with Crippen molar-refractivity contribution in [2.45, 2.75) is 6.92 Å². The Bertz CT molecular complexity index is 715. The molecule has 2 aromatic carbocycles. The molecule has 0 bridgehead atoms. The summed E-state index contributed by atoms with van der Waals surface area (Å²) in [6.45, 7) is 1.90. The van der Waals surface area contributed by atoms with Gasteiger partial charge in [0, 0.05) is 5.02 Å². The molecule has 0 atom stereocenters. The molecular weight excluding hydrogens is 322 g/mol. The molecule has 2 aromatic rings. The van der Waals surface area contributed by atoms with Gasteiger partial charge in [-0.15, -0.1) is 0 Å². The third kappa shape index (κ3) is 4.62. The molecule has 0 aliphatic rings. The minimum Gasteiger partial charge on any atom is -0.506 e. The molecule has 1 amide bonds. The van der Waals surface area contributed by atoms with Crippen molar-refractivity contribution in [3.63, 3.8) is 0 Å². The van der Waals surface area contributed by atoms with Crippen molar-refractivity contribution in [1.29, 1.82) is 0 Å². The van der Waals surface area contributed by atoms with Gasteiger partial charge in [0.25, 0.3) is 0 Å². The number of benzene rings is 2. The van der Waals surface area contributed by atoms with E-state index in [1.165, 1.54) is 30.3 Å². The van der Waals surface area contributed by atoms with Crippen LogP contribution in [0.5, 0.6) is 11.5 Å². The molecule has 0 saturated carbocycles. The topological polar surface area (TPSA) is 84.9 Å². The van der Waals surface area contributed by atoms with Crippen LogP contribution in [0.15, 0.2) is 42.5 Å². The molecule has 0 heterocycles. The fraction of sp³-hybridized carbons (Fsp3) is 0.125. The van der Waals surface area contributed by atoms with Crippen LogP contribution in [0.2, 0.25) is 5.02 Å². The van der Waals surface area contributed by atoms with E-state index in [9.17, 15) is 14.7 Å². The van der Waals surface area contributed by atoms with Gasteiger partial charge in [0.05, 0.1) is 17.9 Å². The molecule has 6 nitrogen and oxygen atoms in total. The predicted molar refractivity (Wildman–Crippen MR) is 85.2 cm³/mol. The number of nitrogens with one attached hydrogen (secondary N) is 1. The molecule has 2 N–H and O–H groups in total. The molecule has 0 fully saturated rings. The maximum absolute atomic E-state index is 11.8. The fourth-order valence-corrected chi connectivity index (χ4v) is 1.85. The number of halogens is 1. The van der Waals surface area contributed by atoms with Gasteiger partial charge < -0.3 is 14.6 Å². The SMILES string of the molecule is CCOC(=O)c1ccc(O)c(NC(=O)Oc2ccc(Cl)cc2)c1. The molecule has 0 aromatic heterocycles. The van der Waals surface area contributed by atoms with E-state index in [0.29, 0.717) is 5.02 Å². The van der Waals surface area contributed by atoms with Crippen LogP contribution in [0.1, 0.15) is 17.3 Å². The highest BCUT2D eigenvalue weighted by Crippen LogP contribution is 2.25. The number of esters is 1. The summed E-state index contributed by atoms with van der Waals surface area (Å²) in [5.41, 5.74) is 0.237. The smallest absolute Gasteiger partial charge is 0.417 e. The van der Waals surface area contributed by atoms with Gasteiger partial charge in [0.2, 0.25) is 0 Å². The van der Waals surface area contributed by atoms with E-state index in [4.69, 9.17) is 21.1 Å². The number of hydrogen-bond donors (Lipinski definition) is 2. The summed E-state index contributed by atoms with van der Waals surface area (Å²) in [6, 6.07) is 10.2. The van der Waals surface area contributed by atoms with E-state index in [2.05, 4.69) is 5.32 Å². The Morgan fingerprint density at radius 3 is 2.52 bits per heavy atom. The van der Waals surface area contributed by atoms with Crippen LogP contribution >= 0.6 is 11.6 Å². The minimum atomic E-state index is -0.816. The Morgan fingerprint density at radius 1 is 1.17 bits per heavy atom. The molecule has 0 unspecified atom stereocenters. The standard InChI is InChI=1S/C16H14ClNO5/c1-2-22-15(20)10-3-8-14(19)13(9-10)18-16(21)23-12-6-4-11(17)5-7-12/h3-9,19H,2H2,1H3,(H,18,21). The summed E-state index contributed by atoms with van der Waals surface area (Å²) >= 11 is 5.74. The van der Waals surface area contributed by atoms with Gasteiger partial charge in [-0.25, -0.2) is 9.59 Å². The van der Waals surface area contributed by atoms with Gasteiger partial charge in [-0.05, 0) is 49.4 Å². The van der Waals surface area contributed by atoms with Crippen molar-refractivity contribution in [2.24, 2.45) is 0 Å². The average Bonchev–Trinajstić information content (AvgIpc) is 2.52. The first-order valence-corrected chi connectivity index (χ1v) is 7.12. The number of hydrogen-bond acceptors (Lipinski definition) is 5. The highest BCUT2D eigenvalue weighted by molar-refractivity contribution is 6.30. The normalized spacial score (nSPS) is 10.0. The second-order valence-electron chi connectivity index (χ2n) is 4.42. The third-order valence-corrected chi connectivity index (χ3v) is 3.02. The number of carbonyl (C=O) groups is 2. The molecule has 2 rings (SSSR count). The van der Waals surface area contributed by atoms with Crippen LogP contribution in [0.25, 0.3) is 0 Å². The molecular formula is C16H14ClNO5. The molecule has 0 aliphatic carbocycles. The quantitative estimate of drug-likeness (QED) is 0.655. The predicted octanol–water partition coefficient (Wildman–Crippen LogP) is 3.83. The Kier molecular flexibility index (Phi) is 5.43. The van der Waals surface area contributed by atoms with Crippen LogP contribution in [0, 0.1) is 0 Å². The second kappa shape index (κ2) is 7.51. The highest BCUT2D eigenvalue weighted by atomic mass is 35.5. The number of rotatable bonds is 4. The summed E-state index contributed by atoms with van der Waals surface area (Å²) < 4.78 is 9.90. The van der Waals surface area contributed by atoms with Crippen molar-refractivity contribution in [3.8, 4) is 11.5 Å². The largest absolute Gasteiger partial charge is 0.506 e. The second-order valence-corrected chi connectivity index (χ2v) is 4.86. The van der Waals surface area contributed by atoms with E-state index in [1.54, 1.807) is 19.1 Å². The molecule has 0 radical (unpaired) electrons. The van der Waals surface area contributed by atoms with Gasteiger partial charge in [0.1, 0.15) is 11.5 Å². The lowest BCUT2D eigenvalue weighted by Crippen LogP contribution is -2.17. The number of ether oxygens (including phenoxy) is 2. The van der Waals surface area contributed by atoms with Crippen LogP contribution in [0.3, 0.4) is 0 Å². The van der Waals surface area contributed by atoms with Crippen molar-refractivity contribution < 1.29 is 24.2 Å². The fourth-order valence-electron chi connectivity index (χ4n) is 1.72. The molecule has 0 saturated heterocycles. The Hall–Kier alpha value is -2.73. The number of phenols is 1. The van der Waals surface area contributed by atoms with Crippen molar-refractivity contribution in [3.05, 3.63) is 53.1 Å². The van der Waals surface area contributed by atoms with Crippen LogP contribution in [-0.4, -0.2) is 23.8 Å². The van der Waals surface area contributed by atoms with Gasteiger partial charge in [-0.2, -0.15) is 0 Å². The van der Waals surface area contributed by atoms with E-state index in [1.807, 2.05) is 0 Å². The van der Waals surface area contributed by atoms with Gasteiger partial charge in [0.15, 0.2) is 0 Å². The van der Waals surface area contributed by atoms with Gasteiger partial charge >= 0.3 is 12.1 Å². The van der Waals surface area contributed by atoms with Crippen molar-refractivity contribution >= 4 is 29.4 Å². The van der Waals surface area contributed by atoms with E-state index < -0.39 is 12.1 Å². The summed E-state index contributed by atoms with van der Waals surface area (Å²) in [5.74, 6) is -0.472. The summed E-state index contributed by atoms with van der Waals surface area (Å²) in [5, 5.41) is 12.6. The zero-order valence-corrected chi connectivity index (χ0v) is 13.0. The zero-order valence-electron chi connectivity index (χ0n) is 12.2. The Morgan fingerprint density at radius 2 is 1.87 bits per heavy atom. The minimum absolute atomic E-state index is 0.0366. The molecule has 23 heavy (non-hydrogen) atoms. The average molecular weight is 336 g/mol. The van der Waals surface area contributed by atoms with Gasteiger partial charge in [-0.1, -0.05) is 11.6 Å². The first-order chi connectivity index (χ1) is 11.0. The number of anilines is 1. The van der Waals surface area contributed by atoms with Crippen LogP contribution in [-0.2, 0) is 4.74 Å². The van der Waals surface area contributed by atoms with Crippen LogP contribution < -0.4 is 10.1 Å². The lowest BCUT2D eigenvalue weighted by Gasteiger charge is -2.10. The van der Waals surface area contributed by atoms with Crippen molar-refractivity contribution in [1.82, 2.24) is 0 Å². The van der Waals surface area contributed by atoms with Gasteiger partial charge in [-0.3, -0.25) is 5.32 Å². The highest BCUT2D eigenvalue weighted by Gasteiger charge is 2.13. The summed E-state index contributed by atoms with van der Waals surface area (Å²) in [7, 11) is 0. The number of phenolic OH excluding ortho intramolecular Hbond substituents is 1. The number of carbonyl (C=O) groups excluding carboxylic acids is 2. The summed E-state index contributed by atoms with van der Waals surface area (Å²) in [6.07, 6.45) is -0.816.